The second-order valence-corrected chi connectivity index (χ2v) is 8.59. The van der Waals surface area contributed by atoms with Crippen molar-refractivity contribution in [2.45, 2.75) is 64.4 Å². The lowest BCUT2D eigenvalue weighted by molar-refractivity contribution is 0.488. The van der Waals surface area contributed by atoms with E-state index in [4.69, 9.17) is 0 Å². The second kappa shape index (κ2) is 8.88. The van der Waals surface area contributed by atoms with Gasteiger partial charge in [-0.1, -0.05) is 33.6 Å². The summed E-state index contributed by atoms with van der Waals surface area (Å²) in [6.07, 6.45) is 3.07. The maximum absolute atomic E-state index is 12.3. The molecule has 2 N–H and O–H groups in total. The first-order valence-electron chi connectivity index (χ1n) is 7.65. The van der Waals surface area contributed by atoms with Gasteiger partial charge in [0, 0.05) is 22.8 Å². The summed E-state index contributed by atoms with van der Waals surface area (Å²) in [6, 6.07) is 1.74. The molecule has 1 atom stereocenters. The Morgan fingerprint density at radius 3 is 2.57 bits per heavy atom. The molecule has 122 valence electrons. The van der Waals surface area contributed by atoms with Gasteiger partial charge in [-0.05, 0) is 31.9 Å². The Kier molecular flexibility index (Phi) is 7.87. The summed E-state index contributed by atoms with van der Waals surface area (Å²) in [5.41, 5.74) is 0. The van der Waals surface area contributed by atoms with E-state index in [1.165, 1.54) is 11.3 Å². The minimum Gasteiger partial charge on any atom is -0.312 e. The summed E-state index contributed by atoms with van der Waals surface area (Å²) in [4.78, 5) is 1.43. The third-order valence-corrected chi connectivity index (χ3v) is 5.92. The Hall–Kier alpha value is -0.430. The van der Waals surface area contributed by atoms with Gasteiger partial charge in [0.1, 0.15) is 0 Å². The van der Waals surface area contributed by atoms with Gasteiger partial charge in [-0.25, -0.2) is 13.1 Å². The molecule has 6 heteroatoms. The fourth-order valence-corrected chi connectivity index (χ4v) is 4.59. The summed E-state index contributed by atoms with van der Waals surface area (Å²) >= 11 is 1.48. The lowest BCUT2D eigenvalue weighted by Gasteiger charge is -2.14. The largest absolute Gasteiger partial charge is 0.312 e. The molecule has 0 aliphatic rings. The molecule has 1 aromatic heterocycles. The maximum Gasteiger partial charge on any atom is 0.241 e. The molecule has 1 heterocycles. The van der Waals surface area contributed by atoms with Crippen molar-refractivity contribution in [3.05, 3.63) is 16.3 Å². The number of hydrogen-bond donors (Lipinski definition) is 2. The van der Waals surface area contributed by atoms with E-state index in [9.17, 15) is 8.42 Å². The first kappa shape index (κ1) is 18.6. The molecular formula is C15H28N2O2S2. The van der Waals surface area contributed by atoms with Gasteiger partial charge in [0.15, 0.2) is 0 Å². The minimum atomic E-state index is -3.38. The Morgan fingerprint density at radius 2 is 1.95 bits per heavy atom. The predicted octanol–water partition coefficient (Wildman–Crippen LogP) is 3.35. The monoisotopic (exact) mass is 332 g/mol. The van der Waals surface area contributed by atoms with Crippen LogP contribution in [0.3, 0.4) is 0 Å². The van der Waals surface area contributed by atoms with Crippen LogP contribution in [0.1, 0.15) is 51.8 Å². The summed E-state index contributed by atoms with van der Waals surface area (Å²) in [7, 11) is -3.38. The zero-order valence-corrected chi connectivity index (χ0v) is 15.1. The Bertz CT molecular complexity index is 509. The van der Waals surface area contributed by atoms with Crippen LogP contribution < -0.4 is 10.0 Å². The van der Waals surface area contributed by atoms with Crippen molar-refractivity contribution in [1.82, 2.24) is 10.0 Å². The lowest BCUT2D eigenvalue weighted by Crippen LogP contribution is -2.32. The van der Waals surface area contributed by atoms with E-state index in [0.717, 1.165) is 37.2 Å². The average Bonchev–Trinajstić information content (AvgIpc) is 2.84. The number of nitrogens with one attached hydrogen (secondary N) is 2. The minimum absolute atomic E-state index is 0.0223. The van der Waals surface area contributed by atoms with Crippen molar-refractivity contribution in [3.8, 4) is 0 Å². The van der Waals surface area contributed by atoms with Crippen LogP contribution in [0, 0.1) is 5.92 Å². The molecule has 0 aliphatic heterocycles. The second-order valence-electron chi connectivity index (χ2n) is 5.88. The van der Waals surface area contributed by atoms with Gasteiger partial charge in [-0.3, -0.25) is 0 Å². The van der Waals surface area contributed by atoms with E-state index in [2.05, 4.69) is 23.9 Å². The molecule has 0 fully saturated rings. The van der Waals surface area contributed by atoms with Gasteiger partial charge >= 0.3 is 0 Å². The standard InChI is InChI=1S/C15H28N2O2S2/c1-5-16-10-14-9-15(11-20-14)21(18,19)17-13(4)8-6-7-12(2)3/h9,11-13,16-17H,5-8,10H2,1-4H3. The van der Waals surface area contributed by atoms with Gasteiger partial charge in [0.25, 0.3) is 0 Å². The number of hydrogen-bond acceptors (Lipinski definition) is 4. The van der Waals surface area contributed by atoms with E-state index in [1.54, 1.807) is 11.4 Å². The SMILES string of the molecule is CCNCc1cc(S(=O)(=O)NC(C)CCCC(C)C)cs1. The first-order chi connectivity index (χ1) is 9.85. The number of rotatable bonds is 10. The highest BCUT2D eigenvalue weighted by Crippen LogP contribution is 2.20. The Morgan fingerprint density at radius 1 is 1.24 bits per heavy atom. The molecule has 0 amide bonds. The molecule has 1 unspecified atom stereocenters. The van der Waals surface area contributed by atoms with Crippen LogP contribution in [0.15, 0.2) is 16.3 Å². The fourth-order valence-electron chi connectivity index (χ4n) is 2.07. The molecule has 21 heavy (non-hydrogen) atoms. The van der Waals surface area contributed by atoms with E-state index >= 15 is 0 Å². The van der Waals surface area contributed by atoms with Gasteiger partial charge in [0.05, 0.1) is 4.90 Å². The summed E-state index contributed by atoms with van der Waals surface area (Å²) in [5.74, 6) is 0.666. The molecular weight excluding hydrogens is 304 g/mol. The Balaban J connectivity index is 2.54. The van der Waals surface area contributed by atoms with E-state index < -0.39 is 10.0 Å². The topological polar surface area (TPSA) is 58.2 Å². The Labute approximate surface area is 133 Å². The van der Waals surface area contributed by atoms with Crippen LogP contribution in [-0.2, 0) is 16.6 Å². The smallest absolute Gasteiger partial charge is 0.241 e. The van der Waals surface area contributed by atoms with Gasteiger partial charge in [-0.2, -0.15) is 0 Å². The van der Waals surface area contributed by atoms with Crippen molar-refractivity contribution < 1.29 is 8.42 Å². The zero-order valence-electron chi connectivity index (χ0n) is 13.5. The third-order valence-electron chi connectivity index (χ3n) is 3.26. The highest BCUT2D eigenvalue weighted by molar-refractivity contribution is 7.89. The van der Waals surface area contributed by atoms with Gasteiger partial charge in [-0.15, -0.1) is 11.3 Å². The van der Waals surface area contributed by atoms with Crippen molar-refractivity contribution >= 4 is 21.4 Å². The average molecular weight is 333 g/mol. The lowest BCUT2D eigenvalue weighted by atomic mass is 10.0. The molecule has 4 nitrogen and oxygen atoms in total. The van der Waals surface area contributed by atoms with Crippen molar-refractivity contribution in [3.63, 3.8) is 0 Å². The van der Waals surface area contributed by atoms with Crippen LogP contribution in [-0.4, -0.2) is 21.0 Å². The van der Waals surface area contributed by atoms with E-state index in [0.29, 0.717) is 10.8 Å². The quantitative estimate of drug-likeness (QED) is 0.691. The van der Waals surface area contributed by atoms with Crippen LogP contribution in [0.4, 0.5) is 0 Å². The van der Waals surface area contributed by atoms with E-state index in [1.807, 2.05) is 13.8 Å². The molecule has 0 spiro atoms. The number of thiophene rings is 1. The molecule has 1 rings (SSSR count). The highest BCUT2D eigenvalue weighted by Gasteiger charge is 2.18. The summed E-state index contributed by atoms with van der Waals surface area (Å²) in [6.45, 7) is 9.94. The summed E-state index contributed by atoms with van der Waals surface area (Å²) < 4.78 is 27.4. The molecule has 0 radical (unpaired) electrons. The van der Waals surface area contributed by atoms with Gasteiger partial charge < -0.3 is 5.32 Å². The van der Waals surface area contributed by atoms with Crippen LogP contribution in [0.5, 0.6) is 0 Å². The molecule has 0 saturated heterocycles. The molecule has 0 aromatic carbocycles. The molecule has 0 saturated carbocycles. The normalized spacial score (nSPS) is 13.8. The predicted molar refractivity (Wildman–Crippen MR) is 90.2 cm³/mol. The molecule has 0 bridgehead atoms. The van der Waals surface area contributed by atoms with Crippen molar-refractivity contribution in [1.29, 1.82) is 0 Å². The van der Waals surface area contributed by atoms with Crippen LogP contribution in [0.2, 0.25) is 0 Å². The molecule has 0 aliphatic carbocycles. The van der Waals surface area contributed by atoms with Crippen molar-refractivity contribution in [2.75, 3.05) is 6.54 Å². The number of sulfonamides is 1. The van der Waals surface area contributed by atoms with Gasteiger partial charge in [0.2, 0.25) is 10.0 Å². The van der Waals surface area contributed by atoms with Crippen LogP contribution >= 0.6 is 11.3 Å². The summed E-state index contributed by atoms with van der Waals surface area (Å²) in [5, 5.41) is 4.92. The fraction of sp³-hybridized carbons (Fsp3) is 0.733. The zero-order chi connectivity index (χ0) is 15.9. The third kappa shape index (κ3) is 6.91. The maximum atomic E-state index is 12.3. The first-order valence-corrected chi connectivity index (χ1v) is 10.0. The molecule has 1 aromatic rings. The highest BCUT2D eigenvalue weighted by atomic mass is 32.2. The van der Waals surface area contributed by atoms with E-state index in [-0.39, 0.29) is 6.04 Å². The van der Waals surface area contributed by atoms with Crippen molar-refractivity contribution in [2.24, 2.45) is 5.92 Å². The van der Waals surface area contributed by atoms with Crippen LogP contribution in [0.25, 0.3) is 0 Å².